The molecular formula is C120H80N10. The fraction of sp³-hybridized carbons (Fsp3) is 0.0250. The third-order valence-corrected chi connectivity index (χ3v) is 26.3. The van der Waals surface area contributed by atoms with Crippen LogP contribution in [0.3, 0.4) is 0 Å². The lowest BCUT2D eigenvalue weighted by Gasteiger charge is -2.33. The minimum atomic E-state index is -0.449. The second-order valence-electron chi connectivity index (χ2n) is 33.9. The maximum atomic E-state index is 5.64. The van der Waals surface area contributed by atoms with Gasteiger partial charge < -0.3 is 14.8 Å². The minimum absolute atomic E-state index is 0.0104. The van der Waals surface area contributed by atoms with Crippen LogP contribution in [0.5, 0.6) is 0 Å². The molecule has 130 heavy (non-hydrogen) atoms. The van der Waals surface area contributed by atoms with Crippen LogP contribution in [0.15, 0.2) is 465 Å². The maximum Gasteiger partial charge on any atom is 0.238 e. The predicted molar refractivity (Wildman–Crippen MR) is 536 cm³/mol. The van der Waals surface area contributed by atoms with E-state index in [1.165, 1.54) is 27.8 Å². The van der Waals surface area contributed by atoms with Crippen LogP contribution in [-0.2, 0) is 0 Å². The van der Waals surface area contributed by atoms with Crippen molar-refractivity contribution in [3.63, 3.8) is 0 Å². The number of benzene rings is 18. The van der Waals surface area contributed by atoms with E-state index < -0.39 is 6.17 Å². The molecule has 2 aliphatic heterocycles. The molecule has 0 saturated carbocycles. The normalized spacial score (nSPS) is 14.5. The zero-order valence-electron chi connectivity index (χ0n) is 70.6. The molecule has 6 heterocycles. The molecule has 10 heteroatoms. The quantitative estimate of drug-likeness (QED) is 0.110. The van der Waals surface area contributed by atoms with Gasteiger partial charge in [0, 0.05) is 72.2 Å². The average Bonchev–Trinajstić information content (AvgIpc) is 1.55. The van der Waals surface area contributed by atoms with Crippen molar-refractivity contribution in [2.24, 2.45) is 9.98 Å². The van der Waals surface area contributed by atoms with Crippen molar-refractivity contribution in [2.75, 3.05) is 4.90 Å². The van der Waals surface area contributed by atoms with Crippen molar-refractivity contribution in [1.29, 1.82) is 0 Å². The van der Waals surface area contributed by atoms with E-state index in [2.05, 4.69) is 479 Å². The van der Waals surface area contributed by atoms with E-state index in [0.29, 0.717) is 23.6 Å². The molecule has 0 spiro atoms. The molecule has 610 valence electrons. The third kappa shape index (κ3) is 13.1. The SMILES string of the molecule is C1=CC2c3ccccc3N(c3ccc(-c4cccc(-c5cccc(-c6cccc(-c7cccc(C8=NC(n9c%10ccccc%10c%10ccc%11c%12ccccc%12n(-c%12ccc(-c%13ccccc%13)cc%12)c%11c%109)=NC(c9ccccc9)N8)c7)c6)c5)c4)cc3)C2c2c1c1ccccc1n2-c1nc(-c2ccccc2)nc(-c2cccc(-c3cc(-c4ccccc4)cc(-c4ccccc4)c3)c2)n1. The van der Waals surface area contributed by atoms with E-state index >= 15 is 0 Å². The van der Waals surface area contributed by atoms with Gasteiger partial charge in [-0.05, 0) is 197 Å². The Kier molecular flexibility index (Phi) is 18.2. The third-order valence-electron chi connectivity index (χ3n) is 26.3. The van der Waals surface area contributed by atoms with Gasteiger partial charge >= 0.3 is 0 Å². The number of aromatic nitrogens is 6. The molecule has 1 aliphatic carbocycles. The molecular weight excluding hydrogens is 1580 g/mol. The molecule has 1 N–H and O–H groups in total. The number of aliphatic imine (C=N–C) groups is 2. The lowest BCUT2D eigenvalue weighted by molar-refractivity contribution is 0.630. The first kappa shape index (κ1) is 75.3. The highest BCUT2D eigenvalue weighted by Gasteiger charge is 2.45. The molecule has 3 unspecified atom stereocenters. The molecule has 18 aromatic carbocycles. The van der Waals surface area contributed by atoms with Gasteiger partial charge in [-0.2, -0.15) is 15.0 Å². The summed E-state index contributed by atoms with van der Waals surface area (Å²) in [4.78, 5) is 30.3. The van der Waals surface area contributed by atoms with Crippen LogP contribution >= 0.6 is 0 Å². The Labute approximate surface area is 752 Å². The Morgan fingerprint density at radius 2 is 0.638 bits per heavy atom. The summed E-state index contributed by atoms with van der Waals surface area (Å²) in [6.45, 7) is 0. The zero-order chi connectivity index (χ0) is 85.7. The van der Waals surface area contributed by atoms with Gasteiger partial charge in [-0.15, -0.1) is 0 Å². The number of amidine groups is 1. The molecule has 3 aliphatic rings. The monoisotopic (exact) mass is 1660 g/mol. The number of nitrogens with zero attached hydrogens (tertiary/aromatic N) is 9. The molecule has 22 aromatic rings. The summed E-state index contributed by atoms with van der Waals surface area (Å²) in [7, 11) is 0. The largest absolute Gasteiger partial charge is 0.344 e. The standard InChI is InChI=1S/C120H80N10/c1-6-29-77(30-7-1)80-57-61-97(62-58-80)127-107-53-20-16-49-99(107)103-65-67-105-101-51-18-22-55-109(101)129(113(105)111(103)127)119-123-115(82-35-12-4-13-36-82)121-117(125-119)92-47-27-45-90(72-92)89-44-26-43-88(71-89)87-42-25-41-86(70-87)85-40-24-39-84(69-85)81-59-63-98(64-60-81)128-108-54-21-17-50-100(108)104-66-68-106-102-52-19-23-56-110(102)130(114(106)112(104)128)120-124-116(83-37-14-5-15-38-83)122-118(126-120)93-48-28-46-91(73-93)96-75-94(78-31-8-2-9-32-78)74-95(76-96)79-33-10-3-11-34-79/h1-76,104,112,115H,(H,121,123,125). The molecule has 4 aromatic heterocycles. The molecule has 3 atom stereocenters. The van der Waals surface area contributed by atoms with E-state index in [9.17, 15) is 0 Å². The molecule has 10 nitrogen and oxygen atoms in total. The molecule has 25 rings (SSSR count). The van der Waals surface area contributed by atoms with Crippen molar-refractivity contribution in [2.45, 2.75) is 18.1 Å². The molecule has 0 bridgehead atoms. The fourth-order valence-corrected chi connectivity index (χ4v) is 20.2. The van der Waals surface area contributed by atoms with E-state index in [-0.39, 0.29) is 12.0 Å². The summed E-state index contributed by atoms with van der Waals surface area (Å²) < 4.78 is 7.08. The first-order valence-electron chi connectivity index (χ1n) is 44.4. The summed E-state index contributed by atoms with van der Waals surface area (Å²) in [6.07, 6.45) is 4.30. The predicted octanol–water partition coefficient (Wildman–Crippen LogP) is 29.6. The first-order valence-corrected chi connectivity index (χ1v) is 44.4. The first-order chi connectivity index (χ1) is 64.4. The summed E-state index contributed by atoms with van der Waals surface area (Å²) in [5, 5.41) is 9.55. The number of nitrogens with one attached hydrogen (secondary N) is 1. The Morgan fingerprint density at radius 1 is 0.262 bits per heavy atom. The van der Waals surface area contributed by atoms with Crippen LogP contribution in [-0.4, -0.2) is 40.4 Å². The Balaban J connectivity index is 0.533. The van der Waals surface area contributed by atoms with Gasteiger partial charge in [0.15, 0.2) is 11.6 Å². The minimum Gasteiger partial charge on any atom is -0.344 e. The van der Waals surface area contributed by atoms with Crippen molar-refractivity contribution in [3.8, 4) is 123 Å². The molecule has 0 fully saturated rings. The van der Waals surface area contributed by atoms with E-state index in [4.69, 9.17) is 24.9 Å². The van der Waals surface area contributed by atoms with Gasteiger partial charge in [0.05, 0.1) is 39.3 Å². The van der Waals surface area contributed by atoms with Crippen LogP contribution < -0.4 is 10.2 Å². The zero-order valence-corrected chi connectivity index (χ0v) is 70.6. The summed E-state index contributed by atoms with van der Waals surface area (Å²) >= 11 is 0. The number of hydrogen-bond acceptors (Lipinski definition) is 7. The average molecular weight is 1660 g/mol. The smallest absolute Gasteiger partial charge is 0.238 e. The second kappa shape index (κ2) is 31.5. The van der Waals surface area contributed by atoms with Crippen LogP contribution in [0, 0.1) is 0 Å². The van der Waals surface area contributed by atoms with Crippen molar-refractivity contribution in [1.82, 2.24) is 34.0 Å². The lowest BCUT2D eigenvalue weighted by Crippen LogP contribution is -2.35. The van der Waals surface area contributed by atoms with Crippen molar-refractivity contribution in [3.05, 3.63) is 483 Å². The summed E-state index contributed by atoms with van der Waals surface area (Å²) in [6, 6.07) is 162. The number of hydrogen-bond donors (Lipinski definition) is 1. The van der Waals surface area contributed by atoms with Gasteiger partial charge in [-0.25, -0.2) is 9.98 Å². The topological polar surface area (TPSA) is 93.5 Å². The van der Waals surface area contributed by atoms with Crippen molar-refractivity contribution >= 4 is 83.8 Å². The lowest BCUT2D eigenvalue weighted by atomic mass is 9.86. The summed E-state index contributed by atoms with van der Waals surface area (Å²) in [5.41, 5.74) is 34.0. The number of anilines is 2. The van der Waals surface area contributed by atoms with Gasteiger partial charge in [0.1, 0.15) is 12.0 Å². The van der Waals surface area contributed by atoms with E-state index in [0.717, 1.165) is 178 Å². The van der Waals surface area contributed by atoms with E-state index in [1.54, 1.807) is 0 Å². The van der Waals surface area contributed by atoms with Crippen LogP contribution in [0.1, 0.15) is 46.1 Å². The molecule has 0 saturated heterocycles. The highest BCUT2D eigenvalue weighted by molar-refractivity contribution is 6.27. The van der Waals surface area contributed by atoms with Gasteiger partial charge in [0.2, 0.25) is 11.9 Å². The maximum absolute atomic E-state index is 5.64. The number of rotatable bonds is 15. The number of para-hydroxylation sites is 4. The van der Waals surface area contributed by atoms with Gasteiger partial charge in [-0.3, -0.25) is 9.13 Å². The Bertz CT molecular complexity index is 8260. The number of fused-ring (bicyclic) bond motifs is 14. The molecule has 0 radical (unpaired) electrons. The van der Waals surface area contributed by atoms with Crippen LogP contribution in [0.25, 0.3) is 184 Å². The highest BCUT2D eigenvalue weighted by Crippen LogP contribution is 2.58. The highest BCUT2D eigenvalue weighted by atomic mass is 15.3. The van der Waals surface area contributed by atoms with E-state index in [1.807, 2.05) is 6.07 Å². The van der Waals surface area contributed by atoms with Crippen molar-refractivity contribution < 1.29 is 0 Å². The molecule has 0 amide bonds. The van der Waals surface area contributed by atoms with Gasteiger partial charge in [0.25, 0.3) is 0 Å². The fourth-order valence-electron chi connectivity index (χ4n) is 20.2. The second-order valence-corrected chi connectivity index (χ2v) is 33.9. The van der Waals surface area contributed by atoms with Crippen LogP contribution in [0.4, 0.5) is 11.4 Å². The summed E-state index contributed by atoms with van der Waals surface area (Å²) in [5.74, 6) is 3.07. The Hall–Kier alpha value is -17.2. The Morgan fingerprint density at radius 3 is 1.20 bits per heavy atom. The van der Waals surface area contributed by atoms with Crippen LogP contribution in [0.2, 0.25) is 0 Å². The van der Waals surface area contributed by atoms with Gasteiger partial charge in [-0.1, -0.05) is 364 Å².